The van der Waals surface area contributed by atoms with Gasteiger partial charge in [-0.2, -0.15) is 0 Å². The standard InChI is InChI=1S/C21H32N2O3/c1-4-6-8-14-18(23-20(25)16(3)11-5-2)19(24)21(26)22-15-17-12-9-7-10-13-17/h7,9-10,12-13,16,18H,4-6,8,11,14-15H2,1-3H3,(H,22,26)(H,23,25)/t16-,18-/m0/s1. The maximum Gasteiger partial charge on any atom is 0.289 e. The third kappa shape index (κ3) is 7.81. The summed E-state index contributed by atoms with van der Waals surface area (Å²) in [5.41, 5.74) is 0.928. The molecule has 1 aromatic rings. The quantitative estimate of drug-likeness (QED) is 0.443. The Morgan fingerprint density at radius 3 is 2.27 bits per heavy atom. The SMILES string of the molecule is CCCCC[C@H](NC(=O)[C@@H](C)CCC)C(=O)C(=O)NCc1ccccc1. The van der Waals surface area contributed by atoms with Gasteiger partial charge in [-0.15, -0.1) is 0 Å². The summed E-state index contributed by atoms with van der Waals surface area (Å²) >= 11 is 0. The van der Waals surface area contributed by atoms with Crippen LogP contribution in [-0.2, 0) is 20.9 Å². The molecule has 1 rings (SSSR count). The fourth-order valence-corrected chi connectivity index (χ4v) is 2.77. The number of rotatable bonds is 12. The zero-order chi connectivity index (χ0) is 19.4. The van der Waals surface area contributed by atoms with E-state index in [2.05, 4.69) is 17.6 Å². The van der Waals surface area contributed by atoms with Gasteiger partial charge in [-0.1, -0.05) is 76.8 Å². The van der Waals surface area contributed by atoms with Crippen molar-refractivity contribution in [1.82, 2.24) is 10.6 Å². The molecule has 0 unspecified atom stereocenters. The molecule has 0 aliphatic heterocycles. The van der Waals surface area contributed by atoms with Crippen molar-refractivity contribution in [2.75, 3.05) is 0 Å². The van der Waals surface area contributed by atoms with Crippen LogP contribution < -0.4 is 10.6 Å². The fraction of sp³-hybridized carbons (Fsp3) is 0.571. The van der Waals surface area contributed by atoms with Crippen LogP contribution in [0.4, 0.5) is 0 Å². The molecule has 0 bridgehead atoms. The first-order chi connectivity index (χ1) is 12.5. The third-order valence-electron chi connectivity index (χ3n) is 4.42. The lowest BCUT2D eigenvalue weighted by atomic mass is 10.0. The Morgan fingerprint density at radius 1 is 0.962 bits per heavy atom. The van der Waals surface area contributed by atoms with Crippen LogP contribution in [-0.4, -0.2) is 23.6 Å². The van der Waals surface area contributed by atoms with Crippen molar-refractivity contribution >= 4 is 17.6 Å². The molecule has 5 nitrogen and oxygen atoms in total. The van der Waals surface area contributed by atoms with Gasteiger partial charge in [0.1, 0.15) is 0 Å². The number of carbonyl (C=O) groups is 3. The number of unbranched alkanes of at least 4 members (excludes halogenated alkanes) is 2. The maximum atomic E-state index is 12.5. The van der Waals surface area contributed by atoms with Crippen molar-refractivity contribution in [2.24, 2.45) is 5.92 Å². The smallest absolute Gasteiger partial charge is 0.289 e. The molecule has 0 radical (unpaired) electrons. The molecular formula is C21H32N2O3. The Kier molecular flexibility index (Phi) is 10.3. The summed E-state index contributed by atoms with van der Waals surface area (Å²) in [5.74, 6) is -1.51. The summed E-state index contributed by atoms with van der Waals surface area (Å²) < 4.78 is 0. The highest BCUT2D eigenvalue weighted by atomic mass is 16.2. The molecule has 0 saturated carbocycles. The van der Waals surface area contributed by atoms with Crippen LogP contribution in [0.5, 0.6) is 0 Å². The van der Waals surface area contributed by atoms with Crippen LogP contribution >= 0.6 is 0 Å². The van der Waals surface area contributed by atoms with Crippen molar-refractivity contribution < 1.29 is 14.4 Å². The number of hydrogen-bond acceptors (Lipinski definition) is 3. The molecule has 5 heteroatoms. The Bertz CT molecular complexity index is 572. The van der Waals surface area contributed by atoms with Crippen molar-refractivity contribution in [1.29, 1.82) is 0 Å². The fourth-order valence-electron chi connectivity index (χ4n) is 2.77. The first-order valence-corrected chi connectivity index (χ1v) is 9.65. The molecule has 26 heavy (non-hydrogen) atoms. The second-order valence-electron chi connectivity index (χ2n) is 6.78. The predicted molar refractivity (Wildman–Crippen MR) is 103 cm³/mol. The topological polar surface area (TPSA) is 75.3 Å². The van der Waals surface area contributed by atoms with Gasteiger partial charge in [0.05, 0.1) is 6.04 Å². The van der Waals surface area contributed by atoms with Crippen molar-refractivity contribution in [2.45, 2.75) is 71.9 Å². The molecular weight excluding hydrogens is 328 g/mol. The van der Waals surface area contributed by atoms with E-state index >= 15 is 0 Å². The van der Waals surface area contributed by atoms with Crippen LogP contribution in [0.2, 0.25) is 0 Å². The van der Waals surface area contributed by atoms with Gasteiger partial charge in [-0.3, -0.25) is 14.4 Å². The van der Waals surface area contributed by atoms with Crippen molar-refractivity contribution in [3.63, 3.8) is 0 Å². The second kappa shape index (κ2) is 12.2. The minimum Gasteiger partial charge on any atom is -0.345 e. The summed E-state index contributed by atoms with van der Waals surface area (Å²) in [6, 6.07) is 8.69. The Morgan fingerprint density at radius 2 is 1.65 bits per heavy atom. The largest absolute Gasteiger partial charge is 0.345 e. The minimum absolute atomic E-state index is 0.155. The van der Waals surface area contributed by atoms with Gasteiger partial charge >= 0.3 is 0 Å². The molecule has 0 aliphatic rings. The molecule has 0 aliphatic carbocycles. The molecule has 144 valence electrons. The van der Waals surface area contributed by atoms with E-state index in [1.54, 1.807) is 0 Å². The average molecular weight is 360 g/mol. The van der Waals surface area contributed by atoms with E-state index in [1.807, 2.05) is 44.2 Å². The van der Waals surface area contributed by atoms with Crippen LogP contribution in [0, 0.1) is 5.92 Å². The first-order valence-electron chi connectivity index (χ1n) is 9.65. The lowest BCUT2D eigenvalue weighted by molar-refractivity contribution is -0.140. The van der Waals surface area contributed by atoms with E-state index in [0.717, 1.165) is 37.7 Å². The van der Waals surface area contributed by atoms with Crippen LogP contribution in [0.3, 0.4) is 0 Å². The zero-order valence-corrected chi connectivity index (χ0v) is 16.2. The number of hydrogen-bond donors (Lipinski definition) is 2. The van der Waals surface area contributed by atoms with Crippen molar-refractivity contribution in [3.05, 3.63) is 35.9 Å². The normalized spacial score (nSPS) is 12.9. The molecule has 2 amide bonds. The first kappa shape index (κ1) is 21.9. The highest BCUT2D eigenvalue weighted by Crippen LogP contribution is 2.09. The number of benzene rings is 1. The predicted octanol–water partition coefficient (Wildman–Crippen LogP) is 3.37. The highest BCUT2D eigenvalue weighted by molar-refractivity contribution is 6.38. The monoisotopic (exact) mass is 360 g/mol. The Balaban J connectivity index is 2.66. The third-order valence-corrected chi connectivity index (χ3v) is 4.42. The lowest BCUT2D eigenvalue weighted by Crippen LogP contribution is -2.48. The second-order valence-corrected chi connectivity index (χ2v) is 6.78. The van der Waals surface area contributed by atoms with Gasteiger partial charge in [-0.05, 0) is 18.4 Å². The van der Waals surface area contributed by atoms with E-state index in [0.29, 0.717) is 13.0 Å². The molecule has 0 heterocycles. The highest BCUT2D eigenvalue weighted by Gasteiger charge is 2.27. The molecule has 0 spiro atoms. The van der Waals surface area contributed by atoms with E-state index < -0.39 is 17.7 Å². The molecule has 2 atom stereocenters. The summed E-state index contributed by atoms with van der Waals surface area (Å²) in [7, 11) is 0. The van der Waals surface area contributed by atoms with Crippen molar-refractivity contribution in [3.8, 4) is 0 Å². The number of carbonyl (C=O) groups excluding carboxylic acids is 3. The lowest BCUT2D eigenvalue weighted by Gasteiger charge is -2.20. The van der Waals surface area contributed by atoms with E-state index in [9.17, 15) is 14.4 Å². The molecule has 0 fully saturated rings. The van der Waals surface area contributed by atoms with Gasteiger partial charge in [0.15, 0.2) is 0 Å². The summed E-state index contributed by atoms with van der Waals surface area (Å²) in [6.07, 6.45) is 4.96. The van der Waals surface area contributed by atoms with Gasteiger partial charge in [0, 0.05) is 12.5 Å². The van der Waals surface area contributed by atoms with Crippen LogP contribution in [0.15, 0.2) is 30.3 Å². The molecule has 2 N–H and O–H groups in total. The average Bonchev–Trinajstić information content (AvgIpc) is 2.65. The molecule has 0 aromatic heterocycles. The number of nitrogens with one attached hydrogen (secondary N) is 2. The van der Waals surface area contributed by atoms with E-state index in [1.165, 1.54) is 0 Å². The Labute approximate surface area is 156 Å². The maximum absolute atomic E-state index is 12.5. The van der Waals surface area contributed by atoms with Gasteiger partial charge < -0.3 is 10.6 Å². The minimum atomic E-state index is -0.746. The Hall–Kier alpha value is -2.17. The molecule has 1 aromatic carbocycles. The van der Waals surface area contributed by atoms with Crippen LogP contribution in [0.25, 0.3) is 0 Å². The van der Waals surface area contributed by atoms with E-state index in [-0.39, 0.29) is 11.8 Å². The summed E-state index contributed by atoms with van der Waals surface area (Å²) in [5, 5.41) is 5.45. The number of amides is 2. The number of ketones is 1. The number of Topliss-reactive ketones (excluding diaryl/α,β-unsaturated/α-hetero) is 1. The van der Waals surface area contributed by atoms with Gasteiger partial charge in [0.2, 0.25) is 11.7 Å². The van der Waals surface area contributed by atoms with Gasteiger partial charge in [0.25, 0.3) is 5.91 Å². The summed E-state index contributed by atoms with van der Waals surface area (Å²) in [4.78, 5) is 37.1. The zero-order valence-electron chi connectivity index (χ0n) is 16.2. The van der Waals surface area contributed by atoms with E-state index in [4.69, 9.17) is 0 Å². The molecule has 0 saturated heterocycles. The van der Waals surface area contributed by atoms with Crippen LogP contribution in [0.1, 0.15) is 64.9 Å². The van der Waals surface area contributed by atoms with Gasteiger partial charge in [-0.25, -0.2) is 0 Å². The summed E-state index contributed by atoms with van der Waals surface area (Å²) in [6.45, 7) is 6.24.